The van der Waals surface area contributed by atoms with Crippen molar-refractivity contribution in [2.75, 3.05) is 13.1 Å². The molecule has 0 aromatic heterocycles. The van der Waals surface area contributed by atoms with Gasteiger partial charge in [0.1, 0.15) is 17.5 Å². The number of carbonyl (C=O) groups excluding carboxylic acids is 3. The lowest BCUT2D eigenvalue weighted by Gasteiger charge is -2.22. The van der Waals surface area contributed by atoms with Crippen molar-refractivity contribution in [1.82, 2.24) is 10.2 Å². The molecule has 3 rings (SSSR count). The van der Waals surface area contributed by atoms with Crippen LogP contribution in [0.15, 0.2) is 54.6 Å². The summed E-state index contributed by atoms with van der Waals surface area (Å²) in [5.41, 5.74) is 5.44. The van der Waals surface area contributed by atoms with Crippen LogP contribution in [0.5, 0.6) is 11.5 Å². The fraction of sp³-hybridized carbons (Fsp3) is 0.286. The summed E-state index contributed by atoms with van der Waals surface area (Å²) in [6, 6.07) is 13.9. The summed E-state index contributed by atoms with van der Waals surface area (Å²) in [5.74, 6) is -1.16. The molecule has 2 aromatic carbocycles. The third kappa shape index (κ3) is 6.20. The Labute approximate surface area is 181 Å². The predicted octanol–water partition coefficient (Wildman–Crippen LogP) is 2.20. The summed E-state index contributed by atoms with van der Waals surface area (Å²) in [6.07, 6.45) is -6.70. The van der Waals surface area contributed by atoms with E-state index in [-0.39, 0.29) is 12.0 Å². The number of hydrogen-bond acceptors (Lipinski definition) is 5. The van der Waals surface area contributed by atoms with Crippen LogP contribution in [-0.2, 0) is 14.3 Å². The van der Waals surface area contributed by atoms with Crippen molar-refractivity contribution in [3.05, 3.63) is 60.2 Å². The second-order valence-corrected chi connectivity index (χ2v) is 7.01. The topological polar surface area (TPSA) is 111 Å². The Balaban J connectivity index is 1.55. The lowest BCUT2D eigenvalue weighted by atomic mass is 10.2. The van der Waals surface area contributed by atoms with Gasteiger partial charge in [-0.1, -0.05) is 18.2 Å². The summed E-state index contributed by atoms with van der Waals surface area (Å²) in [6.45, 7) is -0.989. The monoisotopic (exact) mass is 451 g/mol. The minimum Gasteiger partial charge on any atom is -0.457 e. The van der Waals surface area contributed by atoms with Crippen LogP contribution in [0.2, 0.25) is 0 Å². The largest absolute Gasteiger partial charge is 0.522 e. The van der Waals surface area contributed by atoms with Gasteiger partial charge >= 0.3 is 6.36 Å². The van der Waals surface area contributed by atoms with Crippen LogP contribution in [-0.4, -0.2) is 54.2 Å². The molecular formula is C21H20F3N3O5. The molecule has 0 spiro atoms. The average molecular weight is 451 g/mol. The normalized spacial score (nSPS) is 18.3. The van der Waals surface area contributed by atoms with Gasteiger partial charge < -0.3 is 20.7 Å². The lowest BCUT2D eigenvalue weighted by Crippen LogP contribution is -2.47. The Hall–Kier alpha value is -3.60. The highest BCUT2D eigenvalue weighted by molar-refractivity contribution is 5.97. The number of rotatable bonds is 7. The molecule has 170 valence electrons. The molecule has 0 saturated carbocycles. The van der Waals surface area contributed by atoms with Gasteiger partial charge in [0.25, 0.3) is 5.91 Å². The Morgan fingerprint density at radius 1 is 1.03 bits per heavy atom. The highest BCUT2D eigenvalue weighted by atomic mass is 19.4. The number of nitrogens with two attached hydrogens (primary N) is 1. The van der Waals surface area contributed by atoms with Gasteiger partial charge in [-0.25, -0.2) is 0 Å². The molecule has 3 amide bonds. The molecule has 11 heteroatoms. The van der Waals surface area contributed by atoms with Crippen LogP contribution < -0.4 is 15.8 Å². The number of para-hydroxylation sites is 1. The van der Waals surface area contributed by atoms with Crippen molar-refractivity contribution < 1.29 is 37.0 Å². The van der Waals surface area contributed by atoms with Gasteiger partial charge in [-0.15, -0.1) is 13.2 Å². The number of primary amides is 1. The smallest absolute Gasteiger partial charge is 0.457 e. The third-order valence-corrected chi connectivity index (χ3v) is 4.71. The molecule has 1 fully saturated rings. The summed E-state index contributed by atoms with van der Waals surface area (Å²) in [5, 5.41) is 2.38. The van der Waals surface area contributed by atoms with Gasteiger partial charge in [0.05, 0.1) is 12.6 Å². The molecule has 1 saturated heterocycles. The zero-order chi connectivity index (χ0) is 23.3. The molecule has 1 aliphatic rings. The SMILES string of the molecule is NC(=O)C1CC(OC(F)(F)F)CN1C(=O)CNC(=O)c1ccc(Oc2ccccc2)cc1. The summed E-state index contributed by atoms with van der Waals surface area (Å²) in [7, 11) is 0. The molecule has 0 radical (unpaired) electrons. The second kappa shape index (κ2) is 9.69. The molecule has 2 atom stereocenters. The van der Waals surface area contributed by atoms with E-state index in [9.17, 15) is 27.6 Å². The zero-order valence-corrected chi connectivity index (χ0v) is 16.7. The number of likely N-dealkylation sites (tertiary alicyclic amines) is 1. The number of carbonyl (C=O) groups is 3. The fourth-order valence-corrected chi connectivity index (χ4v) is 3.28. The Morgan fingerprint density at radius 2 is 1.66 bits per heavy atom. The van der Waals surface area contributed by atoms with Crippen LogP contribution in [0.25, 0.3) is 0 Å². The van der Waals surface area contributed by atoms with E-state index in [2.05, 4.69) is 10.1 Å². The minimum absolute atomic E-state index is 0.240. The van der Waals surface area contributed by atoms with Crippen LogP contribution in [0, 0.1) is 0 Å². The molecule has 1 heterocycles. The van der Waals surface area contributed by atoms with Gasteiger partial charge in [0.2, 0.25) is 11.8 Å². The molecule has 2 unspecified atom stereocenters. The highest BCUT2D eigenvalue weighted by Crippen LogP contribution is 2.27. The van der Waals surface area contributed by atoms with E-state index in [1.807, 2.05) is 18.2 Å². The van der Waals surface area contributed by atoms with E-state index in [4.69, 9.17) is 10.5 Å². The van der Waals surface area contributed by atoms with Crippen molar-refractivity contribution in [3.8, 4) is 11.5 Å². The number of amides is 3. The standard InChI is InChI=1S/C21H20F3N3O5/c22-21(23,24)32-16-10-17(19(25)29)27(12-16)18(28)11-26-20(30)13-6-8-15(9-7-13)31-14-4-2-1-3-5-14/h1-9,16-17H,10-12H2,(H2,25,29)(H,26,30). The van der Waals surface area contributed by atoms with Gasteiger partial charge in [0.15, 0.2) is 0 Å². The number of halogens is 3. The number of nitrogens with zero attached hydrogens (tertiary/aromatic N) is 1. The molecule has 0 bridgehead atoms. The molecule has 0 aliphatic carbocycles. The van der Waals surface area contributed by atoms with Crippen LogP contribution >= 0.6 is 0 Å². The van der Waals surface area contributed by atoms with E-state index in [1.54, 1.807) is 24.3 Å². The van der Waals surface area contributed by atoms with Crippen molar-refractivity contribution in [2.24, 2.45) is 5.73 Å². The predicted molar refractivity (Wildman–Crippen MR) is 106 cm³/mol. The quantitative estimate of drug-likeness (QED) is 0.671. The summed E-state index contributed by atoms with van der Waals surface area (Å²) >= 11 is 0. The van der Waals surface area contributed by atoms with Crippen molar-refractivity contribution in [3.63, 3.8) is 0 Å². The van der Waals surface area contributed by atoms with Crippen LogP contribution in [0.1, 0.15) is 16.8 Å². The van der Waals surface area contributed by atoms with E-state index in [0.29, 0.717) is 11.5 Å². The number of hydrogen-bond donors (Lipinski definition) is 2. The molecule has 8 nitrogen and oxygen atoms in total. The van der Waals surface area contributed by atoms with Gasteiger partial charge in [-0.05, 0) is 36.4 Å². The first-order valence-electron chi connectivity index (χ1n) is 9.57. The van der Waals surface area contributed by atoms with Gasteiger partial charge in [-0.2, -0.15) is 0 Å². The number of ether oxygens (including phenoxy) is 2. The average Bonchev–Trinajstić information content (AvgIpc) is 3.15. The van der Waals surface area contributed by atoms with Crippen molar-refractivity contribution in [1.29, 1.82) is 0 Å². The zero-order valence-electron chi connectivity index (χ0n) is 16.7. The second-order valence-electron chi connectivity index (χ2n) is 7.01. The fourth-order valence-electron chi connectivity index (χ4n) is 3.28. The number of benzene rings is 2. The number of nitrogens with one attached hydrogen (secondary N) is 1. The van der Waals surface area contributed by atoms with E-state index in [1.165, 1.54) is 12.1 Å². The van der Waals surface area contributed by atoms with E-state index < -0.39 is 49.3 Å². The van der Waals surface area contributed by atoms with Crippen LogP contribution in [0.3, 0.4) is 0 Å². The maximum Gasteiger partial charge on any atom is 0.522 e. The van der Waals surface area contributed by atoms with Gasteiger partial charge in [-0.3, -0.25) is 19.1 Å². The van der Waals surface area contributed by atoms with Crippen molar-refractivity contribution in [2.45, 2.75) is 24.9 Å². The van der Waals surface area contributed by atoms with Gasteiger partial charge in [0, 0.05) is 18.5 Å². The molecule has 1 aliphatic heterocycles. The lowest BCUT2D eigenvalue weighted by molar-refractivity contribution is -0.340. The summed E-state index contributed by atoms with van der Waals surface area (Å²) in [4.78, 5) is 37.2. The van der Waals surface area contributed by atoms with Crippen LogP contribution in [0.4, 0.5) is 13.2 Å². The Kier molecular flexibility index (Phi) is 6.98. The Morgan fingerprint density at radius 3 is 2.25 bits per heavy atom. The highest BCUT2D eigenvalue weighted by Gasteiger charge is 2.44. The first-order valence-corrected chi connectivity index (χ1v) is 9.57. The first kappa shape index (κ1) is 23.1. The molecule has 2 aromatic rings. The third-order valence-electron chi connectivity index (χ3n) is 4.71. The van der Waals surface area contributed by atoms with E-state index >= 15 is 0 Å². The summed E-state index contributed by atoms with van der Waals surface area (Å²) < 4.78 is 46.9. The Bertz CT molecular complexity index is 967. The molecule has 3 N–H and O–H groups in total. The van der Waals surface area contributed by atoms with E-state index in [0.717, 1.165) is 4.90 Å². The van der Waals surface area contributed by atoms with Crippen molar-refractivity contribution >= 4 is 17.7 Å². The maximum absolute atomic E-state index is 12.4. The minimum atomic E-state index is -4.91. The molecular weight excluding hydrogens is 431 g/mol. The molecule has 32 heavy (non-hydrogen) atoms. The first-order chi connectivity index (χ1) is 15.1. The number of alkyl halides is 3. The maximum atomic E-state index is 12.4.